The fourth-order valence-electron chi connectivity index (χ4n) is 3.41. The number of para-hydroxylation sites is 2. The molecule has 2 aromatic heterocycles. The molecule has 158 valence electrons. The van der Waals surface area contributed by atoms with Crippen LogP contribution in [0.3, 0.4) is 0 Å². The van der Waals surface area contributed by atoms with Crippen LogP contribution in [0.5, 0.6) is 5.75 Å². The second-order valence-corrected chi connectivity index (χ2v) is 8.42. The molecule has 0 aliphatic heterocycles. The van der Waals surface area contributed by atoms with E-state index in [2.05, 4.69) is 10.3 Å². The first kappa shape index (κ1) is 20.0. The SMILES string of the molecule is Cc1ccc(NC(=O)COc2ccc(/C=c3/sc4nc5ccccc5n4c3=O)cc2)cc1. The van der Waals surface area contributed by atoms with Crippen LogP contribution < -0.4 is 20.1 Å². The van der Waals surface area contributed by atoms with E-state index in [1.807, 2.05) is 73.7 Å². The zero-order chi connectivity index (χ0) is 22.1. The maximum Gasteiger partial charge on any atom is 0.274 e. The number of hydrogen-bond acceptors (Lipinski definition) is 5. The van der Waals surface area contributed by atoms with E-state index < -0.39 is 0 Å². The highest BCUT2D eigenvalue weighted by molar-refractivity contribution is 7.15. The van der Waals surface area contributed by atoms with E-state index in [1.54, 1.807) is 16.5 Å². The Balaban J connectivity index is 1.29. The molecule has 0 aliphatic carbocycles. The lowest BCUT2D eigenvalue weighted by Crippen LogP contribution is -2.22. The first-order valence-electron chi connectivity index (χ1n) is 10.1. The summed E-state index contributed by atoms with van der Waals surface area (Å²) in [7, 11) is 0. The lowest BCUT2D eigenvalue weighted by atomic mass is 10.2. The Kier molecular flexibility index (Phi) is 5.17. The van der Waals surface area contributed by atoms with Crippen LogP contribution in [0.4, 0.5) is 5.69 Å². The fourth-order valence-corrected chi connectivity index (χ4v) is 4.39. The summed E-state index contributed by atoms with van der Waals surface area (Å²) in [4.78, 5) is 30.2. The van der Waals surface area contributed by atoms with Crippen LogP contribution in [0.25, 0.3) is 22.1 Å². The Bertz CT molecular complexity index is 1530. The van der Waals surface area contributed by atoms with Crippen LogP contribution in [0, 0.1) is 6.92 Å². The largest absolute Gasteiger partial charge is 0.484 e. The monoisotopic (exact) mass is 441 g/mol. The van der Waals surface area contributed by atoms with Gasteiger partial charge in [0.2, 0.25) is 0 Å². The third-order valence-corrected chi connectivity index (χ3v) is 6.00. The molecule has 3 aromatic carbocycles. The molecule has 0 spiro atoms. The number of thiazole rings is 1. The predicted octanol–water partition coefficient (Wildman–Crippen LogP) is 3.78. The summed E-state index contributed by atoms with van der Waals surface area (Å²) in [5, 5.41) is 2.80. The van der Waals surface area contributed by atoms with Gasteiger partial charge in [-0.3, -0.25) is 9.59 Å². The number of rotatable bonds is 5. The quantitative estimate of drug-likeness (QED) is 0.451. The molecule has 7 heteroatoms. The molecule has 5 aromatic rings. The number of carbonyl (C=O) groups is 1. The lowest BCUT2D eigenvalue weighted by molar-refractivity contribution is -0.118. The number of fused-ring (bicyclic) bond motifs is 3. The number of aryl methyl sites for hydroxylation is 1. The van der Waals surface area contributed by atoms with Crippen LogP contribution in [0.2, 0.25) is 0 Å². The highest BCUT2D eigenvalue weighted by Gasteiger charge is 2.10. The smallest absolute Gasteiger partial charge is 0.274 e. The summed E-state index contributed by atoms with van der Waals surface area (Å²) in [5.74, 6) is 0.352. The minimum atomic E-state index is -0.227. The van der Waals surface area contributed by atoms with Crippen molar-refractivity contribution in [1.29, 1.82) is 0 Å². The van der Waals surface area contributed by atoms with Gasteiger partial charge in [0.1, 0.15) is 5.75 Å². The van der Waals surface area contributed by atoms with Crippen molar-refractivity contribution in [1.82, 2.24) is 9.38 Å². The molecule has 32 heavy (non-hydrogen) atoms. The Morgan fingerprint density at radius 2 is 1.81 bits per heavy atom. The summed E-state index contributed by atoms with van der Waals surface area (Å²) in [6.07, 6.45) is 1.84. The number of hydrogen-bond donors (Lipinski definition) is 1. The van der Waals surface area contributed by atoms with Crippen LogP contribution in [-0.4, -0.2) is 21.9 Å². The maximum absolute atomic E-state index is 12.9. The summed E-state index contributed by atoms with van der Waals surface area (Å²) < 4.78 is 7.84. The summed E-state index contributed by atoms with van der Waals surface area (Å²) in [5.41, 5.74) is 4.29. The van der Waals surface area contributed by atoms with Crippen molar-refractivity contribution >= 4 is 45.0 Å². The molecule has 0 fully saturated rings. The Morgan fingerprint density at radius 3 is 2.59 bits per heavy atom. The van der Waals surface area contributed by atoms with E-state index in [9.17, 15) is 9.59 Å². The molecule has 5 rings (SSSR count). The van der Waals surface area contributed by atoms with Gasteiger partial charge in [0.25, 0.3) is 11.5 Å². The van der Waals surface area contributed by atoms with Gasteiger partial charge in [-0.05, 0) is 55.0 Å². The van der Waals surface area contributed by atoms with E-state index >= 15 is 0 Å². The van der Waals surface area contributed by atoms with Gasteiger partial charge in [-0.1, -0.05) is 53.3 Å². The summed E-state index contributed by atoms with van der Waals surface area (Å²) in [6.45, 7) is 1.91. The minimum Gasteiger partial charge on any atom is -0.484 e. The number of anilines is 1. The van der Waals surface area contributed by atoms with E-state index in [-0.39, 0.29) is 18.1 Å². The van der Waals surface area contributed by atoms with Gasteiger partial charge in [-0.15, -0.1) is 0 Å². The normalized spacial score (nSPS) is 11.8. The topological polar surface area (TPSA) is 72.7 Å². The molecule has 2 heterocycles. The average molecular weight is 442 g/mol. The van der Waals surface area contributed by atoms with Crippen molar-refractivity contribution in [2.45, 2.75) is 6.92 Å². The van der Waals surface area contributed by atoms with Gasteiger partial charge in [-0.2, -0.15) is 0 Å². The van der Waals surface area contributed by atoms with E-state index in [4.69, 9.17) is 4.74 Å². The zero-order valence-electron chi connectivity index (χ0n) is 17.2. The van der Waals surface area contributed by atoms with Gasteiger partial charge in [0, 0.05) is 5.69 Å². The Morgan fingerprint density at radius 1 is 1.06 bits per heavy atom. The van der Waals surface area contributed by atoms with Crippen molar-refractivity contribution in [3.63, 3.8) is 0 Å². The molecule has 1 amide bonds. The average Bonchev–Trinajstić information content (AvgIpc) is 3.31. The molecule has 0 aliphatic rings. The van der Waals surface area contributed by atoms with Crippen LogP contribution in [0.1, 0.15) is 11.1 Å². The zero-order valence-corrected chi connectivity index (χ0v) is 18.1. The van der Waals surface area contributed by atoms with Crippen molar-refractivity contribution in [3.8, 4) is 5.75 Å². The number of nitrogens with zero attached hydrogens (tertiary/aromatic N) is 2. The van der Waals surface area contributed by atoms with Crippen LogP contribution >= 0.6 is 11.3 Å². The van der Waals surface area contributed by atoms with E-state index in [1.165, 1.54) is 11.3 Å². The second-order valence-electron chi connectivity index (χ2n) is 7.41. The number of benzene rings is 3. The fraction of sp³-hybridized carbons (Fsp3) is 0.0800. The first-order valence-corrected chi connectivity index (χ1v) is 10.9. The molecule has 1 N–H and O–H groups in total. The number of carbonyl (C=O) groups excluding carboxylic acids is 1. The molecule has 0 bridgehead atoms. The number of amides is 1. The van der Waals surface area contributed by atoms with Gasteiger partial charge >= 0.3 is 0 Å². The molecular formula is C25H19N3O3S. The maximum atomic E-state index is 12.9. The van der Waals surface area contributed by atoms with Crippen molar-refractivity contribution < 1.29 is 9.53 Å². The third kappa shape index (κ3) is 3.98. The number of nitrogens with one attached hydrogen (secondary N) is 1. The van der Waals surface area contributed by atoms with Gasteiger partial charge in [0.15, 0.2) is 11.6 Å². The molecule has 6 nitrogen and oxygen atoms in total. The third-order valence-electron chi connectivity index (χ3n) is 5.03. The molecule has 0 saturated heterocycles. The molecule has 0 atom stereocenters. The Hall–Kier alpha value is -3.97. The lowest BCUT2D eigenvalue weighted by Gasteiger charge is -2.08. The standard InChI is InChI=1S/C25H19N3O3S/c1-16-6-10-18(11-7-16)26-23(29)15-31-19-12-8-17(9-13-19)14-22-24(30)28-21-5-3-2-4-20(21)27-25(28)32-22/h2-14H,15H2,1H3,(H,26,29)/b22-14+. The number of aromatic nitrogens is 2. The van der Waals surface area contributed by atoms with E-state index in [0.29, 0.717) is 15.2 Å². The number of ether oxygens (including phenoxy) is 1. The predicted molar refractivity (Wildman–Crippen MR) is 127 cm³/mol. The highest BCUT2D eigenvalue weighted by Crippen LogP contribution is 2.17. The summed E-state index contributed by atoms with van der Waals surface area (Å²) >= 11 is 1.36. The minimum absolute atomic E-state index is 0.0770. The van der Waals surface area contributed by atoms with Crippen molar-refractivity contribution in [2.75, 3.05) is 11.9 Å². The second kappa shape index (κ2) is 8.28. The van der Waals surface area contributed by atoms with E-state index in [0.717, 1.165) is 27.8 Å². The number of imidazole rings is 1. The molecule has 0 radical (unpaired) electrons. The molecular weight excluding hydrogens is 422 g/mol. The first-order chi connectivity index (χ1) is 15.6. The van der Waals surface area contributed by atoms with Crippen LogP contribution in [-0.2, 0) is 4.79 Å². The molecule has 0 unspecified atom stereocenters. The van der Waals surface area contributed by atoms with Crippen LogP contribution in [0.15, 0.2) is 77.6 Å². The van der Waals surface area contributed by atoms with Gasteiger partial charge < -0.3 is 10.1 Å². The molecule has 0 saturated carbocycles. The van der Waals surface area contributed by atoms with Crippen molar-refractivity contribution in [3.05, 3.63) is 98.8 Å². The van der Waals surface area contributed by atoms with Gasteiger partial charge in [-0.25, -0.2) is 9.38 Å². The van der Waals surface area contributed by atoms with Gasteiger partial charge in [0.05, 0.1) is 15.6 Å². The summed E-state index contributed by atoms with van der Waals surface area (Å²) in [6, 6.07) is 22.5. The van der Waals surface area contributed by atoms with Crippen molar-refractivity contribution in [2.24, 2.45) is 0 Å². The highest BCUT2D eigenvalue weighted by atomic mass is 32.1. The Labute approximate surface area is 187 Å².